The second-order valence-electron chi connectivity index (χ2n) is 6.66. The Labute approximate surface area is 181 Å². The van der Waals surface area contributed by atoms with Gasteiger partial charge in [-0.15, -0.1) is 11.3 Å². The first-order chi connectivity index (χ1) is 15.0. The standard InChI is InChI=1S/C23H19F2N3O2S/c1-2-3-11-27-21(29)17(14-26)23-28(19-10-9-16(24)13-18(19)25)22(30)20(31-23)12-15-7-5-4-6-8-15/h4-10,12-13H,2-3,11H2,1H3,(H,27,29)/b20-12-,23-17-. The van der Waals surface area contributed by atoms with Crippen molar-refractivity contribution in [3.8, 4) is 11.8 Å². The molecule has 0 unspecified atom stereocenters. The Morgan fingerprint density at radius 3 is 2.61 bits per heavy atom. The number of carbonyl (C=O) groups is 1. The van der Waals surface area contributed by atoms with E-state index in [0.717, 1.165) is 46.4 Å². The van der Waals surface area contributed by atoms with Crippen molar-refractivity contribution < 1.29 is 13.6 Å². The van der Waals surface area contributed by atoms with Crippen LogP contribution in [0.4, 0.5) is 8.78 Å². The summed E-state index contributed by atoms with van der Waals surface area (Å²) in [7, 11) is 0. The smallest absolute Gasteiger partial charge is 0.273 e. The normalized spacial score (nSPS) is 12.4. The average Bonchev–Trinajstić information content (AvgIpc) is 3.05. The number of carbonyl (C=O) groups excluding carboxylic acids is 1. The predicted octanol–water partition coefficient (Wildman–Crippen LogP) is 2.60. The van der Waals surface area contributed by atoms with Crippen molar-refractivity contribution in [1.82, 2.24) is 9.88 Å². The van der Waals surface area contributed by atoms with Gasteiger partial charge in [0.25, 0.3) is 11.5 Å². The Bertz CT molecular complexity index is 1320. The second-order valence-corrected chi connectivity index (χ2v) is 7.69. The fourth-order valence-electron chi connectivity index (χ4n) is 2.89. The molecule has 3 aromatic rings. The van der Waals surface area contributed by atoms with Crippen LogP contribution in [-0.2, 0) is 4.79 Å². The highest BCUT2D eigenvalue weighted by Crippen LogP contribution is 2.12. The first-order valence-electron chi connectivity index (χ1n) is 9.63. The SMILES string of the molecule is CCCCNC(=O)/C(C#N)=c1\s/c(=C\c2ccccc2)c(=O)n1-c1ccc(F)cc1F. The molecule has 0 fully saturated rings. The number of amides is 1. The third-order valence-electron chi connectivity index (χ3n) is 4.44. The Morgan fingerprint density at radius 2 is 1.97 bits per heavy atom. The van der Waals surface area contributed by atoms with Gasteiger partial charge < -0.3 is 5.32 Å². The highest BCUT2D eigenvalue weighted by atomic mass is 32.1. The van der Waals surface area contributed by atoms with Gasteiger partial charge in [-0.2, -0.15) is 5.26 Å². The average molecular weight is 439 g/mol. The maximum atomic E-state index is 14.6. The molecule has 3 rings (SSSR count). The van der Waals surface area contributed by atoms with Gasteiger partial charge in [-0.05, 0) is 30.2 Å². The highest BCUT2D eigenvalue weighted by Gasteiger charge is 2.18. The Kier molecular flexibility index (Phi) is 7.11. The van der Waals surface area contributed by atoms with Gasteiger partial charge in [0.05, 0.1) is 10.2 Å². The monoisotopic (exact) mass is 439 g/mol. The van der Waals surface area contributed by atoms with Crippen LogP contribution in [0.2, 0.25) is 0 Å². The Hall–Kier alpha value is -3.57. The summed E-state index contributed by atoms with van der Waals surface area (Å²) in [6, 6.07) is 13.6. The summed E-state index contributed by atoms with van der Waals surface area (Å²) in [5, 5.41) is 12.3. The van der Waals surface area contributed by atoms with Gasteiger partial charge >= 0.3 is 0 Å². The lowest BCUT2D eigenvalue weighted by molar-refractivity contribution is -0.115. The van der Waals surface area contributed by atoms with Gasteiger partial charge in [0, 0.05) is 12.6 Å². The molecule has 1 aromatic heterocycles. The molecule has 0 aliphatic carbocycles. The molecule has 0 saturated carbocycles. The number of aromatic nitrogens is 1. The van der Waals surface area contributed by atoms with Crippen molar-refractivity contribution in [3.05, 3.63) is 85.3 Å². The number of rotatable bonds is 6. The molecule has 0 aliphatic heterocycles. The van der Waals surface area contributed by atoms with Crippen LogP contribution in [0.1, 0.15) is 25.3 Å². The summed E-state index contributed by atoms with van der Waals surface area (Å²) in [4.78, 5) is 25.8. The number of nitriles is 1. The second kappa shape index (κ2) is 9.96. The number of benzene rings is 2. The molecule has 8 heteroatoms. The third kappa shape index (κ3) is 4.95. The zero-order valence-corrected chi connectivity index (χ0v) is 17.5. The molecule has 1 heterocycles. The van der Waals surface area contributed by atoms with Crippen LogP contribution in [-0.4, -0.2) is 17.0 Å². The van der Waals surface area contributed by atoms with Gasteiger partial charge in [-0.25, -0.2) is 8.78 Å². The topological polar surface area (TPSA) is 74.9 Å². The molecule has 31 heavy (non-hydrogen) atoms. The maximum Gasteiger partial charge on any atom is 0.273 e. The summed E-state index contributed by atoms with van der Waals surface area (Å²) in [6.45, 7) is 2.32. The van der Waals surface area contributed by atoms with E-state index in [1.807, 2.05) is 19.1 Å². The van der Waals surface area contributed by atoms with E-state index in [0.29, 0.717) is 12.6 Å². The number of thiazole rings is 1. The van der Waals surface area contributed by atoms with Gasteiger partial charge in [0.15, 0.2) is 5.57 Å². The molecule has 158 valence electrons. The predicted molar refractivity (Wildman–Crippen MR) is 116 cm³/mol. The largest absolute Gasteiger partial charge is 0.351 e. The summed E-state index contributed by atoms with van der Waals surface area (Å²) in [5.41, 5.74) is -0.428. The van der Waals surface area contributed by atoms with Crippen molar-refractivity contribution >= 4 is 28.9 Å². The maximum absolute atomic E-state index is 14.6. The Balaban J connectivity index is 2.32. The number of nitrogens with zero attached hydrogens (tertiary/aromatic N) is 2. The molecule has 0 saturated heterocycles. The Morgan fingerprint density at radius 1 is 1.23 bits per heavy atom. The summed E-state index contributed by atoms with van der Waals surface area (Å²) < 4.78 is 29.1. The van der Waals surface area contributed by atoms with Crippen molar-refractivity contribution in [2.24, 2.45) is 0 Å². The lowest BCUT2D eigenvalue weighted by atomic mass is 10.2. The van der Waals surface area contributed by atoms with E-state index >= 15 is 0 Å². The van der Waals surface area contributed by atoms with E-state index in [2.05, 4.69) is 5.32 Å². The molecule has 2 aromatic carbocycles. The minimum Gasteiger partial charge on any atom is -0.351 e. The summed E-state index contributed by atoms with van der Waals surface area (Å²) in [5.74, 6) is -2.43. The van der Waals surface area contributed by atoms with Crippen LogP contribution in [0, 0.1) is 23.0 Å². The van der Waals surface area contributed by atoms with Gasteiger partial charge in [0.2, 0.25) is 0 Å². The van der Waals surface area contributed by atoms with Gasteiger partial charge in [-0.3, -0.25) is 14.2 Å². The van der Waals surface area contributed by atoms with E-state index in [9.17, 15) is 23.6 Å². The summed E-state index contributed by atoms with van der Waals surface area (Å²) >= 11 is 0.903. The van der Waals surface area contributed by atoms with E-state index in [1.54, 1.807) is 30.3 Å². The van der Waals surface area contributed by atoms with E-state index < -0.39 is 23.1 Å². The first kappa shape index (κ1) is 22.1. The van der Waals surface area contributed by atoms with Crippen LogP contribution in [0.25, 0.3) is 17.3 Å². The van der Waals surface area contributed by atoms with Gasteiger partial charge in [0.1, 0.15) is 22.4 Å². The molecule has 0 aliphatic rings. The number of hydrogen-bond acceptors (Lipinski definition) is 4. The van der Waals surface area contributed by atoms with Crippen LogP contribution in [0.5, 0.6) is 0 Å². The van der Waals surface area contributed by atoms with Crippen LogP contribution < -0.4 is 20.1 Å². The lowest BCUT2D eigenvalue weighted by Gasteiger charge is -2.06. The molecule has 0 atom stereocenters. The molecular formula is C23H19F2N3O2S. The van der Waals surface area contributed by atoms with Crippen molar-refractivity contribution in [1.29, 1.82) is 5.26 Å². The first-order valence-corrected chi connectivity index (χ1v) is 10.4. The molecule has 1 N–H and O–H groups in total. The minimum absolute atomic E-state index is 0.0193. The number of nitrogens with one attached hydrogen (secondary N) is 1. The molecule has 0 spiro atoms. The molecular weight excluding hydrogens is 420 g/mol. The van der Waals surface area contributed by atoms with Crippen molar-refractivity contribution in [2.75, 3.05) is 6.54 Å². The van der Waals surface area contributed by atoms with Crippen molar-refractivity contribution in [2.45, 2.75) is 19.8 Å². The highest BCUT2D eigenvalue weighted by molar-refractivity contribution is 7.07. The molecule has 1 amide bonds. The molecule has 0 bridgehead atoms. The van der Waals surface area contributed by atoms with E-state index in [4.69, 9.17) is 0 Å². The van der Waals surface area contributed by atoms with Crippen LogP contribution in [0.3, 0.4) is 0 Å². The fourth-order valence-corrected chi connectivity index (χ4v) is 3.99. The van der Waals surface area contributed by atoms with Crippen LogP contribution >= 0.6 is 11.3 Å². The number of unbranched alkanes of at least 4 members (excludes halogenated alkanes) is 1. The zero-order chi connectivity index (χ0) is 22.4. The van der Waals surface area contributed by atoms with E-state index in [1.165, 1.54) is 0 Å². The van der Waals surface area contributed by atoms with Crippen molar-refractivity contribution in [3.63, 3.8) is 0 Å². The molecule has 0 radical (unpaired) electrons. The number of halogens is 2. The summed E-state index contributed by atoms with van der Waals surface area (Å²) in [6.07, 6.45) is 3.17. The fraction of sp³-hybridized carbons (Fsp3) is 0.174. The zero-order valence-electron chi connectivity index (χ0n) is 16.7. The number of hydrogen-bond donors (Lipinski definition) is 1. The van der Waals surface area contributed by atoms with Crippen LogP contribution in [0.15, 0.2) is 53.3 Å². The quantitative estimate of drug-likeness (QED) is 0.600. The minimum atomic E-state index is -0.976. The lowest BCUT2D eigenvalue weighted by Crippen LogP contribution is -2.34. The molecule has 5 nitrogen and oxygen atoms in total. The van der Waals surface area contributed by atoms with E-state index in [-0.39, 0.29) is 20.5 Å². The third-order valence-corrected chi connectivity index (χ3v) is 5.53. The van der Waals surface area contributed by atoms with Gasteiger partial charge in [-0.1, -0.05) is 43.7 Å².